The molecule has 5 heteroatoms. The molecular weight excluding hydrogens is 279 g/mol. The van der Waals surface area contributed by atoms with Gasteiger partial charge in [-0.05, 0) is 40.5 Å². The Kier molecular flexibility index (Phi) is 2.48. The predicted octanol–water partition coefficient (Wildman–Crippen LogP) is 2.99. The fourth-order valence-corrected chi connectivity index (χ4v) is 2.51. The largest absolute Gasteiger partial charge is 0.364 e. The Balaban J connectivity index is 2.88. The van der Waals surface area contributed by atoms with Crippen molar-refractivity contribution < 1.29 is 4.79 Å². The summed E-state index contributed by atoms with van der Waals surface area (Å²) in [6.07, 6.45) is 0. The van der Waals surface area contributed by atoms with Crippen LogP contribution in [0.1, 0.15) is 16.1 Å². The molecule has 0 fully saturated rings. The van der Waals surface area contributed by atoms with Gasteiger partial charge in [-0.25, -0.2) is 0 Å². The second-order valence-electron chi connectivity index (χ2n) is 3.30. The van der Waals surface area contributed by atoms with Crippen molar-refractivity contribution in [2.24, 2.45) is 5.73 Å². The highest BCUT2D eigenvalue weighted by Crippen LogP contribution is 2.31. The van der Waals surface area contributed by atoms with E-state index in [4.69, 9.17) is 17.3 Å². The van der Waals surface area contributed by atoms with Gasteiger partial charge in [-0.2, -0.15) is 0 Å². The van der Waals surface area contributed by atoms with Crippen LogP contribution in [0.2, 0.25) is 5.02 Å². The van der Waals surface area contributed by atoms with Gasteiger partial charge in [-0.3, -0.25) is 4.79 Å². The maximum Gasteiger partial charge on any atom is 0.265 e. The van der Waals surface area contributed by atoms with Crippen LogP contribution in [-0.4, -0.2) is 10.9 Å². The molecule has 2 aromatic rings. The van der Waals surface area contributed by atoms with Crippen LogP contribution in [0, 0.1) is 6.92 Å². The van der Waals surface area contributed by atoms with Crippen LogP contribution in [0.3, 0.4) is 0 Å². The Morgan fingerprint density at radius 2 is 2.20 bits per heavy atom. The van der Waals surface area contributed by atoms with Crippen LogP contribution in [0.5, 0.6) is 0 Å². The quantitative estimate of drug-likeness (QED) is 0.832. The number of carbonyl (C=O) groups is 1. The summed E-state index contributed by atoms with van der Waals surface area (Å²) in [6, 6.07) is 3.57. The number of rotatable bonds is 1. The topological polar surface area (TPSA) is 58.9 Å². The molecule has 15 heavy (non-hydrogen) atoms. The van der Waals surface area contributed by atoms with Crippen molar-refractivity contribution in [3.8, 4) is 0 Å². The van der Waals surface area contributed by atoms with Crippen LogP contribution in [0.15, 0.2) is 16.6 Å². The van der Waals surface area contributed by atoms with Gasteiger partial charge in [0, 0.05) is 14.9 Å². The zero-order chi connectivity index (χ0) is 11.2. The summed E-state index contributed by atoms with van der Waals surface area (Å²) in [6.45, 7) is 1.84. The number of carbonyl (C=O) groups excluding carboxylic acids is 1. The minimum absolute atomic E-state index is 0.424. The summed E-state index contributed by atoms with van der Waals surface area (Å²) in [5, 5.41) is 1.52. The fraction of sp³-hybridized carbons (Fsp3) is 0.100. The third kappa shape index (κ3) is 1.64. The van der Waals surface area contributed by atoms with E-state index < -0.39 is 5.91 Å². The lowest BCUT2D eigenvalue weighted by atomic mass is 10.1. The van der Waals surface area contributed by atoms with Crippen molar-refractivity contribution in [2.75, 3.05) is 0 Å². The SMILES string of the molecule is Cc1c(C(N)=O)[nH]c2c(Br)cc(Cl)cc12. The van der Waals surface area contributed by atoms with E-state index in [0.29, 0.717) is 10.7 Å². The molecule has 1 amide bonds. The van der Waals surface area contributed by atoms with Crippen molar-refractivity contribution in [3.05, 3.63) is 32.9 Å². The van der Waals surface area contributed by atoms with E-state index in [1.165, 1.54) is 0 Å². The predicted molar refractivity (Wildman–Crippen MR) is 64.3 cm³/mol. The first-order valence-corrected chi connectivity index (χ1v) is 5.45. The molecule has 0 aliphatic rings. The summed E-state index contributed by atoms with van der Waals surface area (Å²) >= 11 is 9.30. The van der Waals surface area contributed by atoms with Gasteiger partial charge in [0.15, 0.2) is 0 Å². The molecule has 0 atom stereocenters. The Morgan fingerprint density at radius 3 is 2.80 bits per heavy atom. The van der Waals surface area contributed by atoms with E-state index in [2.05, 4.69) is 20.9 Å². The van der Waals surface area contributed by atoms with Crippen molar-refractivity contribution in [1.29, 1.82) is 0 Å². The summed E-state index contributed by atoms with van der Waals surface area (Å²) < 4.78 is 0.820. The minimum atomic E-state index is -0.466. The number of primary amides is 1. The number of hydrogen-bond acceptors (Lipinski definition) is 1. The molecule has 3 N–H and O–H groups in total. The zero-order valence-corrected chi connectivity index (χ0v) is 10.2. The monoisotopic (exact) mass is 286 g/mol. The van der Waals surface area contributed by atoms with Crippen molar-refractivity contribution >= 4 is 44.3 Å². The van der Waals surface area contributed by atoms with E-state index in [1.807, 2.05) is 6.92 Å². The number of amides is 1. The molecule has 0 radical (unpaired) electrons. The first-order valence-electron chi connectivity index (χ1n) is 4.28. The van der Waals surface area contributed by atoms with Gasteiger partial charge >= 0.3 is 0 Å². The van der Waals surface area contributed by atoms with Crippen LogP contribution < -0.4 is 5.73 Å². The number of H-pyrrole nitrogens is 1. The highest BCUT2D eigenvalue weighted by molar-refractivity contribution is 9.10. The molecule has 2 rings (SSSR count). The highest BCUT2D eigenvalue weighted by atomic mass is 79.9. The minimum Gasteiger partial charge on any atom is -0.364 e. The normalized spacial score (nSPS) is 10.9. The third-order valence-electron chi connectivity index (χ3n) is 2.33. The smallest absolute Gasteiger partial charge is 0.265 e. The van der Waals surface area contributed by atoms with Gasteiger partial charge in [0.05, 0.1) is 5.52 Å². The Morgan fingerprint density at radius 1 is 1.53 bits per heavy atom. The van der Waals surface area contributed by atoms with Gasteiger partial charge in [-0.1, -0.05) is 11.6 Å². The van der Waals surface area contributed by atoms with Crippen LogP contribution in [0.4, 0.5) is 0 Å². The summed E-state index contributed by atoms with van der Waals surface area (Å²) in [5.74, 6) is -0.466. The number of aryl methyl sites for hydroxylation is 1. The maximum atomic E-state index is 11.1. The second kappa shape index (κ2) is 3.54. The van der Waals surface area contributed by atoms with Crippen LogP contribution >= 0.6 is 27.5 Å². The molecule has 0 aliphatic heterocycles. The molecule has 0 unspecified atom stereocenters. The van der Waals surface area contributed by atoms with Gasteiger partial charge in [0.2, 0.25) is 0 Å². The summed E-state index contributed by atoms with van der Waals surface area (Å²) in [5.41, 5.74) is 7.33. The molecule has 1 heterocycles. The number of benzene rings is 1. The molecule has 78 valence electrons. The Bertz CT molecular complexity index is 562. The number of hydrogen-bond donors (Lipinski definition) is 2. The molecule has 1 aromatic carbocycles. The van der Waals surface area contributed by atoms with Crippen LogP contribution in [0.25, 0.3) is 10.9 Å². The maximum absolute atomic E-state index is 11.1. The second-order valence-corrected chi connectivity index (χ2v) is 4.59. The lowest BCUT2D eigenvalue weighted by Crippen LogP contribution is -2.12. The molecule has 0 spiro atoms. The average Bonchev–Trinajstić information content (AvgIpc) is 2.44. The van der Waals surface area contributed by atoms with Gasteiger partial charge in [-0.15, -0.1) is 0 Å². The van der Waals surface area contributed by atoms with Crippen molar-refractivity contribution in [3.63, 3.8) is 0 Å². The molecule has 3 nitrogen and oxygen atoms in total. The number of halogens is 2. The third-order valence-corrected chi connectivity index (χ3v) is 3.17. The van der Waals surface area contributed by atoms with E-state index in [9.17, 15) is 4.79 Å². The summed E-state index contributed by atoms with van der Waals surface area (Å²) in [4.78, 5) is 14.1. The van der Waals surface area contributed by atoms with Crippen molar-refractivity contribution in [1.82, 2.24) is 4.98 Å². The number of aromatic amines is 1. The van der Waals surface area contributed by atoms with E-state index in [1.54, 1.807) is 12.1 Å². The number of fused-ring (bicyclic) bond motifs is 1. The first-order chi connectivity index (χ1) is 7.00. The standard InChI is InChI=1S/C10H8BrClN2O/c1-4-6-2-5(12)3-7(11)9(6)14-8(4)10(13)15/h2-3,14H,1H3,(H2,13,15). The molecule has 0 saturated carbocycles. The van der Waals surface area contributed by atoms with Crippen molar-refractivity contribution in [2.45, 2.75) is 6.92 Å². The van der Waals surface area contributed by atoms with E-state index in [0.717, 1.165) is 20.9 Å². The van der Waals surface area contributed by atoms with E-state index >= 15 is 0 Å². The molecule has 0 saturated heterocycles. The first kappa shape index (κ1) is 10.5. The molecule has 1 aromatic heterocycles. The van der Waals surface area contributed by atoms with Gasteiger partial charge in [0.1, 0.15) is 5.69 Å². The Labute approximate surface area is 99.7 Å². The molecule has 0 aliphatic carbocycles. The zero-order valence-electron chi connectivity index (χ0n) is 7.90. The lowest BCUT2D eigenvalue weighted by molar-refractivity contribution is 0.0996. The molecular formula is C10H8BrClN2O. The Hall–Kier alpha value is -1.00. The lowest BCUT2D eigenvalue weighted by Gasteiger charge is -1.96. The fourth-order valence-electron chi connectivity index (χ4n) is 1.60. The number of aromatic nitrogens is 1. The highest BCUT2D eigenvalue weighted by Gasteiger charge is 2.14. The number of nitrogens with one attached hydrogen (secondary N) is 1. The molecule has 0 bridgehead atoms. The summed E-state index contributed by atoms with van der Waals surface area (Å²) in [7, 11) is 0. The average molecular weight is 288 g/mol. The van der Waals surface area contributed by atoms with Gasteiger partial charge in [0.25, 0.3) is 5.91 Å². The number of nitrogens with two attached hydrogens (primary N) is 1. The van der Waals surface area contributed by atoms with Crippen LogP contribution in [-0.2, 0) is 0 Å². The van der Waals surface area contributed by atoms with E-state index in [-0.39, 0.29) is 0 Å². The van der Waals surface area contributed by atoms with Gasteiger partial charge < -0.3 is 10.7 Å².